The first-order chi connectivity index (χ1) is 41.9. The van der Waals surface area contributed by atoms with Crippen LogP contribution in [0.2, 0.25) is 0 Å². The van der Waals surface area contributed by atoms with Gasteiger partial charge in [-0.1, -0.05) is 129 Å². The van der Waals surface area contributed by atoms with E-state index in [0.717, 1.165) is 48.8 Å². The second-order valence-electron chi connectivity index (χ2n) is 24.2. The summed E-state index contributed by atoms with van der Waals surface area (Å²) in [6.07, 6.45) is 6.39. The van der Waals surface area contributed by atoms with Gasteiger partial charge in [-0.3, -0.25) is 9.59 Å². The maximum absolute atomic E-state index is 14.3. The van der Waals surface area contributed by atoms with Crippen molar-refractivity contribution in [3.63, 3.8) is 0 Å². The van der Waals surface area contributed by atoms with Crippen LogP contribution in [0.15, 0.2) is 100 Å². The number of carboxylic acid groups (broad SMARTS) is 1. The Morgan fingerprint density at radius 1 is 0.652 bits per heavy atom. The van der Waals surface area contributed by atoms with Crippen LogP contribution in [-0.4, -0.2) is 127 Å². The number of unbranched alkanes of at least 4 members (excludes halogenated alkanes) is 2. The average Bonchev–Trinajstić information content (AvgIpc) is 1.72. The van der Waals surface area contributed by atoms with Crippen molar-refractivity contribution in [3.05, 3.63) is 131 Å². The van der Waals surface area contributed by atoms with Gasteiger partial charge >= 0.3 is 30.1 Å². The van der Waals surface area contributed by atoms with E-state index in [2.05, 4.69) is 36.6 Å². The molecule has 7 amide bonds. The van der Waals surface area contributed by atoms with Gasteiger partial charge in [-0.2, -0.15) is 9.97 Å². The normalized spacial score (nSPS) is 16.3. The first kappa shape index (κ1) is 71.3. The molecule has 2 saturated heterocycles. The number of carbonyl (C=O) groups is 7. The predicted octanol–water partition coefficient (Wildman–Crippen LogP) is 8.71. The summed E-state index contributed by atoms with van der Waals surface area (Å²) < 4.78 is 22.0. The van der Waals surface area contributed by atoms with E-state index >= 15 is 0 Å². The number of esters is 1. The molecule has 0 aliphatic carbocycles. The molecule has 7 rings (SSSR count). The van der Waals surface area contributed by atoms with Crippen LogP contribution in [0.1, 0.15) is 210 Å². The van der Waals surface area contributed by atoms with Crippen molar-refractivity contribution >= 4 is 41.9 Å². The molecule has 0 saturated carbocycles. The molecule has 5 aromatic rings. The second-order valence-corrected chi connectivity index (χ2v) is 24.2. The summed E-state index contributed by atoms with van der Waals surface area (Å²) >= 11 is 0. The number of nitrogens with zero attached hydrogens (tertiary/aromatic N) is 6. The predicted molar refractivity (Wildman–Crippen MR) is 332 cm³/mol. The lowest BCUT2D eigenvalue weighted by atomic mass is 9.77. The zero-order chi connectivity index (χ0) is 64.0. The second kappa shape index (κ2) is 33.8. The van der Waals surface area contributed by atoms with E-state index < -0.39 is 83.0 Å². The zero-order valence-corrected chi connectivity index (χ0v) is 51.7. The third-order valence-electron chi connectivity index (χ3n) is 14.9. The third-order valence-corrected chi connectivity index (χ3v) is 14.9. The Morgan fingerprint density at radius 2 is 1.12 bits per heavy atom. The summed E-state index contributed by atoms with van der Waals surface area (Å²) in [5, 5.41) is 29.3. The molecule has 486 valence electrons. The number of primary amides is 1. The number of hydrogen-bond donors (Lipinski definition) is 8. The number of amides is 7. The van der Waals surface area contributed by atoms with Gasteiger partial charge < -0.3 is 71.9 Å². The van der Waals surface area contributed by atoms with Crippen molar-refractivity contribution in [1.82, 2.24) is 51.3 Å². The highest BCUT2D eigenvalue weighted by atomic mass is 16.6. The minimum atomic E-state index is -1.06. The minimum Gasteiger partial charge on any atom is -0.480 e. The number of hydrogen-bond acceptors (Lipinski definition) is 17. The lowest BCUT2D eigenvalue weighted by Crippen LogP contribution is -2.49. The molecule has 2 aliphatic heterocycles. The molecule has 89 heavy (non-hydrogen) atoms. The summed E-state index contributed by atoms with van der Waals surface area (Å²) in [5.74, 6) is -1.41. The number of rotatable bonds is 27. The Hall–Kier alpha value is -8.45. The number of likely N-dealkylation sites (tertiary alicyclic amines) is 2. The number of aromatic nitrogens is 4. The third kappa shape index (κ3) is 21.4. The maximum atomic E-state index is 14.3. The molecule has 25 heteroatoms. The first-order valence-electron chi connectivity index (χ1n) is 30.3. The van der Waals surface area contributed by atoms with E-state index in [4.69, 9.17) is 40.7 Å². The smallest absolute Gasteiger partial charge is 0.407 e. The zero-order valence-electron chi connectivity index (χ0n) is 51.7. The fraction of sp³-hybridized carbons (Fsp3) is 0.547. The van der Waals surface area contributed by atoms with Crippen LogP contribution in [0.5, 0.6) is 0 Å². The summed E-state index contributed by atoms with van der Waals surface area (Å²) in [6.45, 7) is 14.6. The molecular weight excluding hydrogens is 1140 g/mol. The van der Waals surface area contributed by atoms with Gasteiger partial charge in [0, 0.05) is 38.4 Å². The number of alkyl carbamates (subject to hydrolysis) is 1. The van der Waals surface area contributed by atoms with E-state index in [0.29, 0.717) is 69.9 Å². The molecule has 0 spiro atoms. The van der Waals surface area contributed by atoms with E-state index in [1.807, 2.05) is 119 Å². The van der Waals surface area contributed by atoms with E-state index in [1.165, 1.54) is 9.80 Å². The molecule has 25 nitrogen and oxygen atoms in total. The Morgan fingerprint density at radius 3 is 1.62 bits per heavy atom. The maximum Gasteiger partial charge on any atom is 0.407 e. The summed E-state index contributed by atoms with van der Waals surface area (Å²) in [7, 11) is 0. The Bertz CT molecular complexity index is 2940. The average molecular weight is 1240 g/mol. The standard InChI is InChI=1S/C46H60N6O7.C17H29N7O5.CH4/c1-32(20-17-18-30-47-43(56)58-45(5,6)7)39-49-40(59-51-39)36(48-42(55)52-31-19-27-37(52)41(54)57-44(2,3)4)28-29-38(53)50-46(33-21-11-8-12-22-33,34-23-13-9-14-24-34)35-25-15-10-16-26-35;18-8-2-1-4-10(19)14-22-15(29-23-14)11(6-7-13(20)25)21-17(28)24-9-3-5-12(24)16(26)27;/h8-16,21-26,32,36-37H,17-20,27-31H2,1-7H3,(H,47,56)(H,48,55)(H,50,53);10-12H,1-9,18-19H2,(H2,20,25)(H,21,28)(H,26,27);1H4/t32-,36-,37?;10-,11-,12?;/m00./s1. The van der Waals surface area contributed by atoms with Gasteiger partial charge in [0.15, 0.2) is 11.6 Å². The Labute approximate surface area is 521 Å². The van der Waals surface area contributed by atoms with Crippen LogP contribution in [0.3, 0.4) is 0 Å². The van der Waals surface area contributed by atoms with E-state index in [9.17, 15) is 38.7 Å². The van der Waals surface area contributed by atoms with E-state index in [1.54, 1.807) is 20.8 Å². The van der Waals surface area contributed by atoms with Gasteiger partial charge in [0.05, 0.1) is 6.04 Å². The highest BCUT2D eigenvalue weighted by molar-refractivity contribution is 5.85. The number of carbonyl (C=O) groups excluding carboxylic acids is 6. The molecule has 4 heterocycles. The number of benzene rings is 3. The summed E-state index contributed by atoms with van der Waals surface area (Å²) in [5.41, 5.74) is 17.1. The van der Waals surface area contributed by atoms with Crippen molar-refractivity contribution in [1.29, 1.82) is 0 Å². The minimum absolute atomic E-state index is 0. The van der Waals surface area contributed by atoms with Crippen LogP contribution in [-0.2, 0) is 34.2 Å². The molecule has 0 radical (unpaired) electrons. The van der Waals surface area contributed by atoms with Crippen molar-refractivity contribution in [2.75, 3.05) is 26.2 Å². The van der Waals surface area contributed by atoms with Crippen molar-refractivity contribution in [2.24, 2.45) is 17.2 Å². The summed E-state index contributed by atoms with van der Waals surface area (Å²) in [4.78, 5) is 100. The van der Waals surface area contributed by atoms with Gasteiger partial charge in [0.2, 0.25) is 23.6 Å². The number of carboxylic acids is 1. The van der Waals surface area contributed by atoms with Crippen LogP contribution >= 0.6 is 0 Å². The van der Waals surface area contributed by atoms with Gasteiger partial charge in [-0.25, -0.2) is 24.0 Å². The monoisotopic (exact) mass is 1240 g/mol. The highest BCUT2D eigenvalue weighted by Crippen LogP contribution is 2.37. The molecule has 2 fully saturated rings. The van der Waals surface area contributed by atoms with Crippen LogP contribution in [0, 0.1) is 0 Å². The quantitative estimate of drug-likeness (QED) is 0.0138. The van der Waals surface area contributed by atoms with Gasteiger partial charge in [-0.05, 0) is 129 Å². The molecule has 6 atom stereocenters. The SMILES string of the molecule is C.C[C@@H](CCCCNC(=O)OC(C)(C)C)c1noc([C@H](CCC(=O)NC(c2ccccc2)(c2ccccc2)c2ccccc2)NC(=O)N2CCCC2C(=O)OC(C)(C)C)n1.NCCCC[C@H](N)c1noc([C@H](CCC(N)=O)NC(=O)N2CCCC2C(=O)O)n1. The summed E-state index contributed by atoms with van der Waals surface area (Å²) in [6, 6.07) is 24.7. The van der Waals surface area contributed by atoms with E-state index in [-0.39, 0.29) is 56.7 Å². The largest absolute Gasteiger partial charge is 0.480 e. The number of nitrogens with two attached hydrogens (primary N) is 3. The molecule has 2 aliphatic rings. The molecule has 0 bridgehead atoms. The van der Waals surface area contributed by atoms with Crippen molar-refractivity contribution in [2.45, 2.75) is 199 Å². The van der Waals surface area contributed by atoms with Gasteiger partial charge in [0.25, 0.3) is 0 Å². The van der Waals surface area contributed by atoms with Gasteiger partial charge in [-0.15, -0.1) is 0 Å². The number of aliphatic carboxylic acids is 1. The fourth-order valence-corrected chi connectivity index (χ4v) is 10.5. The van der Waals surface area contributed by atoms with Crippen LogP contribution in [0.25, 0.3) is 0 Å². The number of ether oxygens (including phenoxy) is 2. The molecule has 2 unspecified atom stereocenters. The van der Waals surface area contributed by atoms with Crippen LogP contribution < -0.4 is 38.5 Å². The molecular formula is C64H93N13O12. The highest BCUT2D eigenvalue weighted by Gasteiger charge is 2.41. The lowest BCUT2D eigenvalue weighted by Gasteiger charge is -2.37. The van der Waals surface area contributed by atoms with Gasteiger partial charge in [0.1, 0.15) is 40.9 Å². The lowest BCUT2D eigenvalue weighted by molar-refractivity contribution is -0.159. The Kier molecular flexibility index (Phi) is 27.1. The first-order valence-corrected chi connectivity index (χ1v) is 30.3. The fourth-order valence-electron chi connectivity index (χ4n) is 10.5. The topological polar surface area (TPSA) is 369 Å². The van der Waals surface area contributed by atoms with Crippen molar-refractivity contribution < 1.29 is 57.2 Å². The molecule has 2 aromatic heterocycles. The van der Waals surface area contributed by atoms with Crippen molar-refractivity contribution in [3.8, 4) is 0 Å². The molecule has 11 N–H and O–H groups in total. The molecule has 3 aromatic carbocycles. The Balaban J connectivity index is 0.000000403. The van der Waals surface area contributed by atoms with Crippen LogP contribution in [0.4, 0.5) is 14.4 Å². The number of urea groups is 2. The number of nitrogens with one attached hydrogen (secondary N) is 4.